The number of carbonyl (C=O) groups excluding carboxylic acids is 1. The smallest absolute Gasteiger partial charge is 0.238 e. The molecule has 0 aliphatic carbocycles. The number of nitrogens with zero attached hydrogens (tertiary/aromatic N) is 1. The molecule has 1 rings (SSSR count). The average molecular weight is 299 g/mol. The maximum Gasteiger partial charge on any atom is 0.238 e. The fraction of sp³-hybridized carbons (Fsp3) is 0.214. The molecule has 0 aliphatic heterocycles. The van der Waals surface area contributed by atoms with Crippen LogP contribution in [0.25, 0.3) is 0 Å². The number of benzene rings is 1. The largest absolute Gasteiger partial charge is 0.325 e. The Balaban J connectivity index is 2.62. The first-order chi connectivity index (χ1) is 9.05. The third-order valence-electron chi connectivity index (χ3n) is 2.29. The Morgan fingerprint density at radius 2 is 1.68 bits per heavy atom. The lowest BCUT2D eigenvalue weighted by molar-refractivity contribution is -0.117. The second-order valence-electron chi connectivity index (χ2n) is 3.98. The zero-order valence-electron chi connectivity index (χ0n) is 10.5. The molecule has 3 nitrogen and oxygen atoms in total. The van der Waals surface area contributed by atoms with Crippen molar-refractivity contribution < 1.29 is 4.79 Å². The first-order valence-corrected chi connectivity index (χ1v) is 6.51. The van der Waals surface area contributed by atoms with E-state index in [-0.39, 0.29) is 12.5 Å². The van der Waals surface area contributed by atoms with E-state index in [0.717, 1.165) is 0 Å². The molecular weight excluding hydrogens is 283 g/mol. The third-order valence-corrected chi connectivity index (χ3v) is 2.72. The van der Waals surface area contributed by atoms with E-state index in [1.54, 1.807) is 30.4 Å². The summed E-state index contributed by atoms with van der Waals surface area (Å²) in [5.41, 5.74) is 0.583. The Bertz CT molecular complexity index is 444. The fourth-order valence-corrected chi connectivity index (χ4v) is 2.12. The summed E-state index contributed by atoms with van der Waals surface area (Å²) in [7, 11) is 0. The summed E-state index contributed by atoms with van der Waals surface area (Å²) < 4.78 is 0. The molecule has 0 fully saturated rings. The van der Waals surface area contributed by atoms with Crippen LogP contribution in [0.1, 0.15) is 0 Å². The molecule has 0 heterocycles. The van der Waals surface area contributed by atoms with Crippen LogP contribution in [0.2, 0.25) is 10.0 Å². The Morgan fingerprint density at radius 1 is 1.16 bits per heavy atom. The minimum atomic E-state index is -0.137. The summed E-state index contributed by atoms with van der Waals surface area (Å²) in [4.78, 5) is 13.8. The van der Waals surface area contributed by atoms with E-state index in [0.29, 0.717) is 28.8 Å². The predicted molar refractivity (Wildman–Crippen MR) is 81.9 cm³/mol. The van der Waals surface area contributed by atoms with Gasteiger partial charge in [-0.3, -0.25) is 9.69 Å². The SMILES string of the molecule is C=CCN(CC=C)CC(=O)Nc1cc(Cl)cc(Cl)c1. The van der Waals surface area contributed by atoms with E-state index in [9.17, 15) is 4.79 Å². The molecule has 0 saturated carbocycles. The molecule has 102 valence electrons. The summed E-state index contributed by atoms with van der Waals surface area (Å²) >= 11 is 11.7. The van der Waals surface area contributed by atoms with Crippen LogP contribution < -0.4 is 5.32 Å². The zero-order valence-corrected chi connectivity index (χ0v) is 12.0. The maximum absolute atomic E-state index is 11.9. The van der Waals surface area contributed by atoms with Gasteiger partial charge in [0.2, 0.25) is 5.91 Å². The van der Waals surface area contributed by atoms with E-state index in [4.69, 9.17) is 23.2 Å². The van der Waals surface area contributed by atoms with Crippen molar-refractivity contribution >= 4 is 34.8 Å². The molecule has 0 aromatic heterocycles. The molecule has 1 aromatic carbocycles. The zero-order chi connectivity index (χ0) is 14.3. The van der Waals surface area contributed by atoms with Crippen LogP contribution in [-0.2, 0) is 4.79 Å². The number of hydrogen-bond donors (Lipinski definition) is 1. The van der Waals surface area contributed by atoms with Crippen LogP contribution in [0, 0.1) is 0 Å². The quantitative estimate of drug-likeness (QED) is 0.780. The minimum absolute atomic E-state index is 0.137. The standard InChI is InChI=1S/C14H16Cl2N2O/c1-3-5-18(6-4-2)10-14(19)17-13-8-11(15)7-12(16)9-13/h3-4,7-9H,1-2,5-6,10H2,(H,17,19). The molecule has 1 amide bonds. The Hall–Kier alpha value is -1.29. The van der Waals surface area contributed by atoms with Crippen LogP contribution in [-0.4, -0.2) is 30.4 Å². The van der Waals surface area contributed by atoms with E-state index in [1.165, 1.54) is 0 Å². The molecule has 0 unspecified atom stereocenters. The van der Waals surface area contributed by atoms with Crippen LogP contribution in [0.15, 0.2) is 43.5 Å². The Labute approximate surface area is 123 Å². The topological polar surface area (TPSA) is 32.3 Å². The maximum atomic E-state index is 11.9. The second kappa shape index (κ2) is 8.00. The molecule has 0 saturated heterocycles. The number of carbonyl (C=O) groups is 1. The van der Waals surface area contributed by atoms with Crippen molar-refractivity contribution in [2.75, 3.05) is 25.0 Å². The van der Waals surface area contributed by atoms with E-state index in [2.05, 4.69) is 18.5 Å². The van der Waals surface area contributed by atoms with Gasteiger partial charge in [-0.05, 0) is 18.2 Å². The molecule has 5 heteroatoms. The number of rotatable bonds is 7. The minimum Gasteiger partial charge on any atom is -0.325 e. The van der Waals surface area contributed by atoms with Gasteiger partial charge in [-0.15, -0.1) is 13.2 Å². The van der Waals surface area contributed by atoms with Crippen LogP contribution in [0.4, 0.5) is 5.69 Å². The first-order valence-electron chi connectivity index (χ1n) is 5.75. The first kappa shape index (κ1) is 15.8. The summed E-state index contributed by atoms with van der Waals surface area (Å²) in [5.74, 6) is -0.137. The van der Waals surface area contributed by atoms with Gasteiger partial charge in [0.15, 0.2) is 0 Å². The highest BCUT2D eigenvalue weighted by Gasteiger charge is 2.09. The lowest BCUT2D eigenvalue weighted by atomic mass is 10.3. The van der Waals surface area contributed by atoms with Crippen LogP contribution in [0.3, 0.4) is 0 Å². The van der Waals surface area contributed by atoms with Gasteiger partial charge >= 0.3 is 0 Å². The van der Waals surface area contributed by atoms with E-state index >= 15 is 0 Å². The van der Waals surface area contributed by atoms with Crippen molar-refractivity contribution in [2.45, 2.75) is 0 Å². The van der Waals surface area contributed by atoms with Gasteiger partial charge in [0.25, 0.3) is 0 Å². The lowest BCUT2D eigenvalue weighted by Crippen LogP contribution is -2.33. The molecule has 0 bridgehead atoms. The highest BCUT2D eigenvalue weighted by Crippen LogP contribution is 2.22. The predicted octanol–water partition coefficient (Wildman–Crippen LogP) is 3.61. The molecule has 1 aromatic rings. The summed E-state index contributed by atoms with van der Waals surface area (Å²) in [6.07, 6.45) is 3.49. The van der Waals surface area contributed by atoms with Crippen molar-refractivity contribution in [3.8, 4) is 0 Å². The molecule has 0 atom stereocenters. The van der Waals surface area contributed by atoms with Gasteiger partial charge in [-0.25, -0.2) is 0 Å². The summed E-state index contributed by atoms with van der Waals surface area (Å²) in [6.45, 7) is 8.80. The molecule has 0 aliphatic rings. The number of nitrogens with one attached hydrogen (secondary N) is 1. The lowest BCUT2D eigenvalue weighted by Gasteiger charge is -2.18. The van der Waals surface area contributed by atoms with E-state index < -0.39 is 0 Å². The summed E-state index contributed by atoms with van der Waals surface area (Å²) in [5, 5.41) is 3.72. The van der Waals surface area contributed by atoms with Gasteiger partial charge < -0.3 is 5.32 Å². The average Bonchev–Trinajstić information content (AvgIpc) is 2.27. The van der Waals surface area contributed by atoms with Crippen LogP contribution >= 0.6 is 23.2 Å². The van der Waals surface area contributed by atoms with Gasteiger partial charge in [0.05, 0.1) is 6.54 Å². The monoisotopic (exact) mass is 298 g/mol. The van der Waals surface area contributed by atoms with Crippen molar-refractivity contribution in [3.05, 3.63) is 53.6 Å². The fourth-order valence-electron chi connectivity index (χ4n) is 1.60. The van der Waals surface area contributed by atoms with Gasteiger partial charge in [-0.1, -0.05) is 35.4 Å². The number of amides is 1. The number of halogens is 2. The highest BCUT2D eigenvalue weighted by molar-refractivity contribution is 6.35. The third kappa shape index (κ3) is 5.92. The van der Waals surface area contributed by atoms with Crippen LogP contribution in [0.5, 0.6) is 0 Å². The van der Waals surface area contributed by atoms with Gasteiger partial charge in [-0.2, -0.15) is 0 Å². The molecule has 0 spiro atoms. The van der Waals surface area contributed by atoms with Crippen molar-refractivity contribution in [2.24, 2.45) is 0 Å². The highest BCUT2D eigenvalue weighted by atomic mass is 35.5. The normalized spacial score (nSPS) is 10.3. The van der Waals surface area contributed by atoms with Crippen molar-refractivity contribution in [1.82, 2.24) is 4.90 Å². The van der Waals surface area contributed by atoms with Crippen molar-refractivity contribution in [1.29, 1.82) is 0 Å². The molecular formula is C14H16Cl2N2O. The summed E-state index contributed by atoms with van der Waals surface area (Å²) in [6, 6.07) is 4.91. The second-order valence-corrected chi connectivity index (χ2v) is 4.85. The Kier molecular flexibility index (Phi) is 6.64. The number of hydrogen-bond acceptors (Lipinski definition) is 2. The van der Waals surface area contributed by atoms with Gasteiger partial charge in [0.1, 0.15) is 0 Å². The molecule has 0 radical (unpaired) electrons. The molecule has 19 heavy (non-hydrogen) atoms. The Morgan fingerprint density at radius 3 is 2.16 bits per heavy atom. The van der Waals surface area contributed by atoms with Gasteiger partial charge in [0, 0.05) is 28.8 Å². The number of anilines is 1. The van der Waals surface area contributed by atoms with Crippen molar-refractivity contribution in [3.63, 3.8) is 0 Å². The van der Waals surface area contributed by atoms with E-state index in [1.807, 2.05) is 4.90 Å². The molecule has 1 N–H and O–H groups in total.